The monoisotopic (exact) mass is 309 g/mol. The molecule has 2 rings (SSSR count). The highest BCUT2D eigenvalue weighted by Gasteiger charge is 2.32. The lowest BCUT2D eigenvalue weighted by Crippen LogP contribution is -2.22. The van der Waals surface area contributed by atoms with Crippen LogP contribution < -0.4 is 0 Å². The van der Waals surface area contributed by atoms with E-state index in [0.29, 0.717) is 16.8 Å². The molecular formula is C16H15N5O2. The minimum absolute atomic E-state index is 0.166. The van der Waals surface area contributed by atoms with Crippen molar-refractivity contribution in [1.29, 1.82) is 0 Å². The predicted octanol–water partition coefficient (Wildman–Crippen LogP) is 3.82. The molecule has 0 amide bonds. The van der Waals surface area contributed by atoms with E-state index in [4.69, 9.17) is 0 Å². The van der Waals surface area contributed by atoms with Gasteiger partial charge in [0, 0.05) is 29.8 Å². The lowest BCUT2D eigenvalue weighted by Gasteiger charge is -2.13. The van der Waals surface area contributed by atoms with Gasteiger partial charge in [0.15, 0.2) is 5.71 Å². The number of nitrogens with zero attached hydrogens (tertiary/aromatic N) is 5. The van der Waals surface area contributed by atoms with Crippen molar-refractivity contribution in [3.05, 3.63) is 75.8 Å². The summed E-state index contributed by atoms with van der Waals surface area (Å²) in [5.41, 5.74) is 1.65. The molecule has 0 saturated carbocycles. The predicted molar refractivity (Wildman–Crippen MR) is 89.1 cm³/mol. The van der Waals surface area contributed by atoms with E-state index in [1.807, 2.05) is 0 Å². The van der Waals surface area contributed by atoms with Crippen molar-refractivity contribution in [1.82, 2.24) is 0 Å². The maximum Gasteiger partial charge on any atom is 0.282 e. The Balaban J connectivity index is 2.64. The largest absolute Gasteiger partial charge is 0.282 e. The topological polar surface area (TPSA) is 92.6 Å². The summed E-state index contributed by atoms with van der Waals surface area (Å²) in [6.07, 6.45) is 0. The van der Waals surface area contributed by atoms with E-state index >= 15 is 0 Å². The second kappa shape index (κ2) is 7.69. The van der Waals surface area contributed by atoms with Crippen LogP contribution in [-0.2, 0) is 0 Å². The van der Waals surface area contributed by atoms with Crippen LogP contribution in [0.25, 0.3) is 0 Å². The number of azo groups is 1. The fraction of sp³-hybridized carbons (Fsp3) is 0.125. The third-order valence-corrected chi connectivity index (χ3v) is 3.15. The molecule has 0 radical (unpaired) electrons. The van der Waals surface area contributed by atoms with Crippen LogP contribution in [0.2, 0.25) is 0 Å². The van der Waals surface area contributed by atoms with Gasteiger partial charge in [-0.2, -0.15) is 15.3 Å². The molecule has 0 heterocycles. The second-order valence-corrected chi connectivity index (χ2v) is 4.54. The quantitative estimate of drug-likeness (QED) is 0.351. The van der Waals surface area contributed by atoms with Crippen LogP contribution in [0.1, 0.15) is 17.2 Å². The van der Waals surface area contributed by atoms with Crippen molar-refractivity contribution in [2.45, 2.75) is 6.04 Å². The Bertz CT molecular complexity index is 756. The van der Waals surface area contributed by atoms with Gasteiger partial charge in [-0.1, -0.05) is 48.5 Å². The fourth-order valence-corrected chi connectivity index (χ4v) is 2.23. The molecule has 1 atom stereocenters. The molecule has 23 heavy (non-hydrogen) atoms. The molecule has 0 bridgehead atoms. The highest BCUT2D eigenvalue weighted by atomic mass is 16.6. The summed E-state index contributed by atoms with van der Waals surface area (Å²) < 4.78 is 0. The molecule has 116 valence electrons. The first-order valence-corrected chi connectivity index (χ1v) is 6.80. The molecule has 0 aromatic heterocycles. The van der Waals surface area contributed by atoms with E-state index in [-0.39, 0.29) is 5.71 Å². The zero-order valence-electron chi connectivity index (χ0n) is 12.5. The summed E-state index contributed by atoms with van der Waals surface area (Å²) in [6.45, 7) is 3.32. The summed E-state index contributed by atoms with van der Waals surface area (Å²) >= 11 is 0. The zero-order valence-corrected chi connectivity index (χ0v) is 12.5. The lowest BCUT2D eigenvalue weighted by atomic mass is 9.96. The standard InChI is InChI=1S/C16H15N5O2/c1-17-19-14-11-7-6-10-13(14)15(20-18-2)16(21(22)23)12-8-4-3-5-9-12/h3-11,16H,2H2,1H3. The molecule has 0 N–H and O–H groups in total. The van der Waals surface area contributed by atoms with E-state index in [1.54, 1.807) is 54.6 Å². The highest BCUT2D eigenvalue weighted by molar-refractivity contribution is 6.07. The number of hydrogen-bond acceptors (Lipinski definition) is 6. The smallest absolute Gasteiger partial charge is 0.263 e. The van der Waals surface area contributed by atoms with E-state index in [0.717, 1.165) is 0 Å². The van der Waals surface area contributed by atoms with E-state index in [9.17, 15) is 10.1 Å². The van der Waals surface area contributed by atoms with Gasteiger partial charge in [-0.25, -0.2) is 0 Å². The number of nitro groups is 1. The SMILES string of the molecule is C=NN=C(c1ccccc1N=NC)C(c1ccccc1)[N+](=O)[O-]. The molecule has 2 aromatic rings. The normalized spacial score (nSPS) is 13.0. The van der Waals surface area contributed by atoms with Crippen LogP contribution in [0.4, 0.5) is 5.69 Å². The Morgan fingerprint density at radius 2 is 1.78 bits per heavy atom. The first kappa shape index (κ1) is 16.2. The van der Waals surface area contributed by atoms with Crippen LogP contribution in [0, 0.1) is 10.1 Å². The van der Waals surface area contributed by atoms with Crippen molar-refractivity contribution >= 4 is 18.1 Å². The van der Waals surface area contributed by atoms with Crippen LogP contribution in [0.5, 0.6) is 0 Å². The van der Waals surface area contributed by atoms with Gasteiger partial charge in [-0.15, -0.1) is 5.10 Å². The Labute approximate surface area is 133 Å². The molecule has 0 aliphatic carbocycles. The maximum absolute atomic E-state index is 11.7. The van der Waals surface area contributed by atoms with Crippen molar-refractivity contribution in [3.8, 4) is 0 Å². The van der Waals surface area contributed by atoms with E-state index < -0.39 is 11.0 Å². The van der Waals surface area contributed by atoms with Gasteiger partial charge in [0.25, 0.3) is 6.04 Å². The van der Waals surface area contributed by atoms with Crippen molar-refractivity contribution < 1.29 is 4.92 Å². The van der Waals surface area contributed by atoms with Gasteiger partial charge in [0.1, 0.15) is 0 Å². The maximum atomic E-state index is 11.7. The summed E-state index contributed by atoms with van der Waals surface area (Å²) in [7, 11) is 1.53. The Hall–Kier alpha value is -3.22. The van der Waals surface area contributed by atoms with Gasteiger partial charge in [-0.3, -0.25) is 10.1 Å². The molecule has 7 heteroatoms. The number of benzene rings is 2. The van der Waals surface area contributed by atoms with Gasteiger partial charge < -0.3 is 0 Å². The molecule has 0 aliphatic rings. The van der Waals surface area contributed by atoms with E-state index in [1.165, 1.54) is 7.05 Å². The minimum atomic E-state index is -1.17. The fourth-order valence-electron chi connectivity index (χ4n) is 2.23. The Morgan fingerprint density at radius 3 is 2.39 bits per heavy atom. The van der Waals surface area contributed by atoms with Crippen LogP contribution >= 0.6 is 0 Å². The molecular weight excluding hydrogens is 294 g/mol. The van der Waals surface area contributed by atoms with Gasteiger partial charge in [0.05, 0.1) is 5.69 Å². The highest BCUT2D eigenvalue weighted by Crippen LogP contribution is 2.28. The summed E-state index contributed by atoms with van der Waals surface area (Å²) in [5.74, 6) is 0. The second-order valence-electron chi connectivity index (χ2n) is 4.54. The molecule has 0 fully saturated rings. The van der Waals surface area contributed by atoms with Crippen molar-refractivity contribution in [2.75, 3.05) is 7.05 Å². The number of rotatable bonds is 6. The molecule has 1 unspecified atom stereocenters. The van der Waals surface area contributed by atoms with Gasteiger partial charge in [-0.05, 0) is 6.07 Å². The van der Waals surface area contributed by atoms with Crippen LogP contribution in [0.15, 0.2) is 75.0 Å². The summed E-state index contributed by atoms with van der Waals surface area (Å²) in [6, 6.07) is 14.4. The molecule has 0 saturated heterocycles. The van der Waals surface area contributed by atoms with Crippen LogP contribution in [0.3, 0.4) is 0 Å². The Kier molecular flexibility index (Phi) is 5.40. The van der Waals surface area contributed by atoms with Crippen LogP contribution in [-0.4, -0.2) is 24.4 Å². The van der Waals surface area contributed by atoms with Crippen molar-refractivity contribution in [2.24, 2.45) is 20.4 Å². The molecule has 0 aliphatic heterocycles. The van der Waals surface area contributed by atoms with Crippen molar-refractivity contribution in [3.63, 3.8) is 0 Å². The lowest BCUT2D eigenvalue weighted by molar-refractivity contribution is -0.508. The molecule has 2 aromatic carbocycles. The van der Waals surface area contributed by atoms with Gasteiger partial charge in [0.2, 0.25) is 0 Å². The molecule has 0 spiro atoms. The summed E-state index contributed by atoms with van der Waals surface area (Å²) in [5, 5.41) is 26.8. The third kappa shape index (κ3) is 3.70. The zero-order chi connectivity index (χ0) is 16.7. The van der Waals surface area contributed by atoms with Gasteiger partial charge >= 0.3 is 0 Å². The first-order valence-electron chi connectivity index (χ1n) is 6.80. The molecule has 7 nitrogen and oxygen atoms in total. The average molecular weight is 309 g/mol. The minimum Gasteiger partial charge on any atom is -0.263 e. The third-order valence-electron chi connectivity index (χ3n) is 3.15. The Morgan fingerprint density at radius 1 is 1.13 bits per heavy atom. The van der Waals surface area contributed by atoms with E-state index in [2.05, 4.69) is 27.1 Å². The average Bonchev–Trinajstić information content (AvgIpc) is 2.56. The summed E-state index contributed by atoms with van der Waals surface area (Å²) in [4.78, 5) is 11.3. The number of hydrogen-bond donors (Lipinski definition) is 0. The first-order chi connectivity index (χ1) is 11.2.